The van der Waals surface area contributed by atoms with E-state index in [0.717, 1.165) is 11.3 Å². The lowest BCUT2D eigenvalue weighted by molar-refractivity contribution is 0.100. The summed E-state index contributed by atoms with van der Waals surface area (Å²) < 4.78 is 0. The molecule has 0 saturated heterocycles. The largest absolute Gasteiger partial charge is 0.383 e. The zero-order valence-electron chi connectivity index (χ0n) is 6.26. The zero-order chi connectivity index (χ0) is 9.30. The molecule has 5 N–H and O–H groups in total. The fourth-order valence-electron chi connectivity index (χ4n) is 0.778. The molecule has 1 aromatic rings. The van der Waals surface area contributed by atoms with Crippen LogP contribution in [0.5, 0.6) is 0 Å². The molecule has 0 aromatic carbocycles. The van der Waals surface area contributed by atoms with E-state index < -0.39 is 5.91 Å². The van der Waals surface area contributed by atoms with Crippen molar-refractivity contribution in [3.63, 3.8) is 0 Å². The molecule has 0 bridgehead atoms. The monoisotopic (exact) mass is 182 g/mol. The molecular weight excluding hydrogens is 174 g/mol. The normalized spacial score (nSPS) is 9.75. The predicted molar refractivity (Wildman–Crippen MR) is 48.3 cm³/mol. The second-order valence-electron chi connectivity index (χ2n) is 2.24. The van der Waals surface area contributed by atoms with E-state index in [1.54, 1.807) is 0 Å². The van der Waals surface area contributed by atoms with E-state index in [1.807, 2.05) is 0 Å². The van der Waals surface area contributed by atoms with Crippen LogP contribution in [0.3, 0.4) is 0 Å². The van der Waals surface area contributed by atoms with Crippen molar-refractivity contribution in [2.45, 2.75) is 0 Å². The molecule has 0 aliphatic carbocycles. The summed E-state index contributed by atoms with van der Waals surface area (Å²) in [6, 6.07) is 1.53. The summed E-state index contributed by atoms with van der Waals surface area (Å²) in [5, 5.41) is 7.13. The van der Waals surface area contributed by atoms with Crippen LogP contribution < -0.4 is 11.5 Å². The number of amides is 1. The average molecular weight is 182 g/mol. The van der Waals surface area contributed by atoms with Gasteiger partial charge >= 0.3 is 0 Å². The summed E-state index contributed by atoms with van der Waals surface area (Å²) in [5.41, 5.74) is 10.8. The van der Waals surface area contributed by atoms with Gasteiger partial charge in [-0.05, 0) is 18.6 Å². The molecule has 1 heterocycles. The summed E-state index contributed by atoms with van der Waals surface area (Å²) in [7, 11) is 0. The Hall–Kier alpha value is -1.36. The van der Waals surface area contributed by atoms with Gasteiger partial charge in [-0.3, -0.25) is 10.2 Å². The number of hydrogen-bond donors (Lipinski definition) is 3. The van der Waals surface area contributed by atoms with Gasteiger partial charge in [0.1, 0.15) is 5.84 Å². The Balaban J connectivity index is 3.17. The first kappa shape index (κ1) is 8.73. The Kier molecular flexibility index (Phi) is 2.14. The second kappa shape index (κ2) is 2.94. The van der Waals surface area contributed by atoms with Crippen LogP contribution in [-0.2, 0) is 0 Å². The lowest BCUT2D eigenvalue weighted by atomic mass is 10.2. The molecular formula is C7H8N3OS. The molecule has 5 heteroatoms. The number of carbonyl (C=O) groups excluding carboxylic acids is 1. The van der Waals surface area contributed by atoms with Crippen LogP contribution in [0.1, 0.15) is 20.1 Å². The van der Waals surface area contributed by atoms with Crippen molar-refractivity contribution >= 4 is 23.1 Å². The lowest BCUT2D eigenvalue weighted by Gasteiger charge is -1.91. The minimum atomic E-state index is -0.516. The Labute approximate surface area is 73.7 Å². The predicted octanol–water partition coefficient (Wildman–Crippen LogP) is 0.313. The van der Waals surface area contributed by atoms with E-state index in [4.69, 9.17) is 16.9 Å². The molecule has 1 aromatic heterocycles. The number of thiophene rings is 1. The summed E-state index contributed by atoms with van der Waals surface area (Å²) >= 11 is 1.09. The van der Waals surface area contributed by atoms with Crippen LogP contribution >= 0.6 is 11.3 Å². The van der Waals surface area contributed by atoms with Gasteiger partial charge in [0.2, 0.25) is 0 Å². The first-order valence-electron chi connectivity index (χ1n) is 3.12. The average Bonchev–Trinajstić information content (AvgIpc) is 2.30. The first-order valence-corrected chi connectivity index (χ1v) is 3.94. The molecule has 1 radical (unpaired) electrons. The molecule has 0 saturated carbocycles. The third kappa shape index (κ3) is 1.45. The number of hydrogen-bond acceptors (Lipinski definition) is 3. The van der Waals surface area contributed by atoms with Crippen LogP contribution in [0.4, 0.5) is 0 Å². The number of nitrogens with two attached hydrogens (primary N) is 2. The lowest BCUT2D eigenvalue weighted by Crippen LogP contribution is -2.10. The zero-order valence-corrected chi connectivity index (χ0v) is 7.07. The summed E-state index contributed by atoms with van der Waals surface area (Å²) in [4.78, 5) is 11.6. The first-order chi connectivity index (χ1) is 5.52. The van der Waals surface area contributed by atoms with E-state index >= 15 is 0 Å². The molecule has 12 heavy (non-hydrogen) atoms. The van der Waals surface area contributed by atoms with Crippen molar-refractivity contribution in [3.8, 4) is 0 Å². The van der Waals surface area contributed by atoms with E-state index in [9.17, 15) is 4.79 Å². The molecule has 0 unspecified atom stereocenters. The number of amidine groups is 1. The summed E-state index contributed by atoms with van der Waals surface area (Å²) in [6.07, 6.45) is 0. The SMILES string of the molecule is [CH2]c1cc(C(N)=O)sc1C(=N)N. The van der Waals surface area contributed by atoms with E-state index in [1.165, 1.54) is 6.07 Å². The van der Waals surface area contributed by atoms with Gasteiger partial charge < -0.3 is 11.5 Å². The van der Waals surface area contributed by atoms with Gasteiger partial charge in [0.15, 0.2) is 0 Å². The topological polar surface area (TPSA) is 93.0 Å². The highest BCUT2D eigenvalue weighted by atomic mass is 32.1. The summed E-state index contributed by atoms with van der Waals surface area (Å²) in [6.45, 7) is 3.63. The number of rotatable bonds is 2. The molecule has 0 spiro atoms. The fourth-order valence-corrected chi connectivity index (χ4v) is 1.60. The Morgan fingerprint density at radius 3 is 2.42 bits per heavy atom. The quantitative estimate of drug-likeness (QED) is 0.453. The fraction of sp³-hybridized carbons (Fsp3) is 0. The van der Waals surface area contributed by atoms with Crippen molar-refractivity contribution in [1.29, 1.82) is 5.41 Å². The Morgan fingerprint density at radius 2 is 2.17 bits per heavy atom. The van der Waals surface area contributed by atoms with Crippen molar-refractivity contribution in [2.24, 2.45) is 11.5 Å². The van der Waals surface area contributed by atoms with Crippen LogP contribution in [-0.4, -0.2) is 11.7 Å². The standard InChI is InChI=1S/C7H8N3OS/c1-3-2-4(7(10)11)12-5(3)6(8)9/h2H,1H2,(H3,8,9)(H2,10,11). The third-order valence-electron chi connectivity index (χ3n) is 1.30. The van der Waals surface area contributed by atoms with E-state index in [2.05, 4.69) is 6.92 Å². The minimum absolute atomic E-state index is 0.0856. The maximum Gasteiger partial charge on any atom is 0.258 e. The van der Waals surface area contributed by atoms with Crippen LogP contribution in [0, 0.1) is 12.3 Å². The second-order valence-corrected chi connectivity index (χ2v) is 3.30. The minimum Gasteiger partial charge on any atom is -0.383 e. The van der Waals surface area contributed by atoms with Gasteiger partial charge in [-0.2, -0.15) is 0 Å². The highest BCUT2D eigenvalue weighted by molar-refractivity contribution is 7.16. The Morgan fingerprint density at radius 1 is 1.58 bits per heavy atom. The van der Waals surface area contributed by atoms with E-state index in [0.29, 0.717) is 15.3 Å². The van der Waals surface area contributed by atoms with Gasteiger partial charge in [-0.25, -0.2) is 0 Å². The highest BCUT2D eigenvalue weighted by Crippen LogP contribution is 2.20. The van der Waals surface area contributed by atoms with Crippen molar-refractivity contribution in [1.82, 2.24) is 0 Å². The maximum absolute atomic E-state index is 10.7. The van der Waals surface area contributed by atoms with Crippen molar-refractivity contribution < 1.29 is 4.79 Å². The van der Waals surface area contributed by atoms with Gasteiger partial charge in [-0.1, -0.05) is 0 Å². The van der Waals surface area contributed by atoms with E-state index in [-0.39, 0.29) is 5.84 Å². The van der Waals surface area contributed by atoms with Crippen molar-refractivity contribution in [3.05, 3.63) is 28.3 Å². The maximum atomic E-state index is 10.7. The van der Waals surface area contributed by atoms with Gasteiger partial charge in [0.05, 0.1) is 9.75 Å². The highest BCUT2D eigenvalue weighted by Gasteiger charge is 2.10. The molecule has 0 aliphatic heterocycles. The van der Waals surface area contributed by atoms with Gasteiger partial charge in [0.25, 0.3) is 5.91 Å². The molecule has 4 nitrogen and oxygen atoms in total. The van der Waals surface area contributed by atoms with Crippen LogP contribution in [0.15, 0.2) is 6.07 Å². The third-order valence-corrected chi connectivity index (χ3v) is 2.52. The molecule has 0 fully saturated rings. The molecule has 63 valence electrons. The molecule has 1 rings (SSSR count). The summed E-state index contributed by atoms with van der Waals surface area (Å²) in [5.74, 6) is -0.602. The van der Waals surface area contributed by atoms with Crippen molar-refractivity contribution in [2.75, 3.05) is 0 Å². The molecule has 1 amide bonds. The van der Waals surface area contributed by atoms with Crippen LogP contribution in [0.25, 0.3) is 0 Å². The molecule has 0 atom stereocenters. The number of nitrogen functional groups attached to an aromatic ring is 1. The molecule has 0 aliphatic rings. The number of primary amides is 1. The Bertz CT molecular complexity index is 342. The van der Waals surface area contributed by atoms with Gasteiger partial charge in [-0.15, -0.1) is 11.3 Å². The number of carbonyl (C=O) groups is 1. The smallest absolute Gasteiger partial charge is 0.258 e. The number of nitrogens with one attached hydrogen (secondary N) is 1. The van der Waals surface area contributed by atoms with Crippen LogP contribution in [0.2, 0.25) is 0 Å². The van der Waals surface area contributed by atoms with Gasteiger partial charge in [0, 0.05) is 0 Å².